The molecule has 0 spiro atoms. The minimum Gasteiger partial charge on any atom is -0.488 e. The first kappa shape index (κ1) is 20.4. The Hall–Kier alpha value is -2.35. The molecule has 2 atom stereocenters. The quantitative estimate of drug-likeness (QED) is 0.668. The van der Waals surface area contributed by atoms with Crippen molar-refractivity contribution in [3.05, 3.63) is 35.4 Å². The van der Waals surface area contributed by atoms with E-state index in [4.69, 9.17) is 9.47 Å². The Kier molecular flexibility index (Phi) is 6.07. The molecule has 1 fully saturated rings. The minimum absolute atomic E-state index is 0.0349. The molecule has 0 saturated carbocycles. The van der Waals surface area contributed by atoms with Crippen molar-refractivity contribution >= 4 is 27.8 Å². The maximum absolute atomic E-state index is 12.7. The van der Waals surface area contributed by atoms with Crippen molar-refractivity contribution in [2.75, 3.05) is 24.7 Å². The van der Waals surface area contributed by atoms with Gasteiger partial charge in [-0.05, 0) is 31.9 Å². The van der Waals surface area contributed by atoms with Crippen LogP contribution in [-0.2, 0) is 24.2 Å². The number of rotatable bonds is 6. The van der Waals surface area contributed by atoms with Crippen LogP contribution in [-0.4, -0.2) is 62.0 Å². The highest BCUT2D eigenvalue weighted by atomic mass is 32.2. The monoisotopic (exact) mass is 407 g/mol. The first-order valence-corrected chi connectivity index (χ1v) is 11.2. The lowest BCUT2D eigenvalue weighted by atomic mass is 10.1. The Morgan fingerprint density at radius 2 is 2.07 bits per heavy atom. The number of benzene rings is 1. The molecule has 28 heavy (non-hydrogen) atoms. The Balaban J connectivity index is 1.64. The standard InChI is InChI=1S/C20H25NO6S/c1-3-14(2)21(17-8-9-28(24,25)13-17)19(22)12-27-20(23)16-10-15-6-4-5-7-18(15)26-11-16/h4-7,10,14,17H,3,8-9,11-13H2,1-2H3/t14-,17-/m0/s1. The smallest absolute Gasteiger partial charge is 0.338 e. The number of carbonyl (C=O) groups is 2. The van der Waals surface area contributed by atoms with Crippen molar-refractivity contribution < 1.29 is 27.5 Å². The SMILES string of the molecule is CC[C@H](C)N(C(=O)COC(=O)C1=Cc2ccccc2OC1)[C@H]1CCS(=O)(=O)C1. The van der Waals surface area contributed by atoms with Crippen LogP contribution >= 0.6 is 0 Å². The fourth-order valence-corrected chi connectivity index (χ4v) is 5.24. The molecule has 0 aromatic heterocycles. The van der Waals surface area contributed by atoms with Gasteiger partial charge in [-0.15, -0.1) is 0 Å². The van der Waals surface area contributed by atoms with Crippen LogP contribution < -0.4 is 4.74 Å². The molecular formula is C20H25NO6S. The Labute approximate surface area is 165 Å². The predicted octanol–water partition coefficient (Wildman–Crippen LogP) is 1.82. The van der Waals surface area contributed by atoms with Crippen LogP contribution in [0.5, 0.6) is 5.75 Å². The van der Waals surface area contributed by atoms with Gasteiger partial charge >= 0.3 is 5.97 Å². The van der Waals surface area contributed by atoms with Crippen LogP contribution in [0.2, 0.25) is 0 Å². The molecule has 0 bridgehead atoms. The van der Waals surface area contributed by atoms with Crippen LogP contribution in [0.4, 0.5) is 0 Å². The number of para-hydroxylation sites is 1. The van der Waals surface area contributed by atoms with E-state index >= 15 is 0 Å². The van der Waals surface area contributed by atoms with E-state index in [2.05, 4.69) is 0 Å². The molecule has 0 N–H and O–H groups in total. The highest BCUT2D eigenvalue weighted by Gasteiger charge is 2.36. The summed E-state index contributed by atoms with van der Waals surface area (Å²) in [5.41, 5.74) is 1.12. The highest BCUT2D eigenvalue weighted by Crippen LogP contribution is 2.26. The van der Waals surface area contributed by atoms with Crippen molar-refractivity contribution in [3.8, 4) is 5.75 Å². The zero-order valence-electron chi connectivity index (χ0n) is 16.1. The number of hydrogen-bond acceptors (Lipinski definition) is 6. The Morgan fingerprint density at radius 3 is 2.75 bits per heavy atom. The van der Waals surface area contributed by atoms with Gasteiger partial charge in [-0.2, -0.15) is 0 Å². The molecule has 0 aliphatic carbocycles. The first-order chi connectivity index (χ1) is 13.3. The molecule has 1 aromatic carbocycles. The molecule has 0 unspecified atom stereocenters. The summed E-state index contributed by atoms with van der Waals surface area (Å²) in [4.78, 5) is 26.7. The molecule has 0 radical (unpaired) electrons. The van der Waals surface area contributed by atoms with Crippen LogP contribution in [0.25, 0.3) is 6.08 Å². The van der Waals surface area contributed by atoms with Gasteiger partial charge in [0.15, 0.2) is 16.4 Å². The van der Waals surface area contributed by atoms with Crippen LogP contribution in [0, 0.1) is 0 Å². The average Bonchev–Trinajstić information content (AvgIpc) is 3.04. The number of hydrogen-bond donors (Lipinski definition) is 0. The van der Waals surface area contributed by atoms with Crippen molar-refractivity contribution in [1.82, 2.24) is 4.90 Å². The Morgan fingerprint density at radius 1 is 1.32 bits per heavy atom. The van der Waals surface area contributed by atoms with Crippen LogP contribution in [0.15, 0.2) is 29.8 Å². The van der Waals surface area contributed by atoms with E-state index in [-0.39, 0.29) is 36.1 Å². The molecule has 2 aliphatic rings. The van der Waals surface area contributed by atoms with Crippen molar-refractivity contribution in [2.45, 2.75) is 38.8 Å². The second-order valence-electron chi connectivity index (χ2n) is 7.19. The number of amides is 1. The zero-order valence-corrected chi connectivity index (χ0v) is 16.9. The molecule has 3 rings (SSSR count). The van der Waals surface area contributed by atoms with E-state index in [1.54, 1.807) is 11.0 Å². The second-order valence-corrected chi connectivity index (χ2v) is 9.42. The van der Waals surface area contributed by atoms with E-state index in [1.165, 1.54) is 0 Å². The second kappa shape index (κ2) is 8.34. The summed E-state index contributed by atoms with van der Waals surface area (Å²) in [6, 6.07) is 6.84. The van der Waals surface area contributed by atoms with Gasteiger partial charge in [0.1, 0.15) is 12.4 Å². The number of fused-ring (bicyclic) bond motifs is 1. The number of carbonyl (C=O) groups excluding carboxylic acids is 2. The van der Waals surface area contributed by atoms with E-state index in [9.17, 15) is 18.0 Å². The van der Waals surface area contributed by atoms with Gasteiger partial charge in [0.25, 0.3) is 5.91 Å². The average molecular weight is 407 g/mol. The highest BCUT2D eigenvalue weighted by molar-refractivity contribution is 7.91. The molecule has 2 heterocycles. The molecule has 1 saturated heterocycles. The summed E-state index contributed by atoms with van der Waals surface area (Å²) in [6.07, 6.45) is 2.80. The lowest BCUT2D eigenvalue weighted by molar-refractivity contribution is -0.151. The molecule has 152 valence electrons. The largest absolute Gasteiger partial charge is 0.488 e. The summed E-state index contributed by atoms with van der Waals surface area (Å²) in [6.45, 7) is 3.47. The number of esters is 1. The fourth-order valence-electron chi connectivity index (χ4n) is 3.53. The third-order valence-corrected chi connectivity index (χ3v) is 6.93. The molecular weight excluding hydrogens is 382 g/mol. The number of ether oxygens (including phenoxy) is 2. The summed E-state index contributed by atoms with van der Waals surface area (Å²) < 4.78 is 34.4. The molecule has 1 aromatic rings. The lowest BCUT2D eigenvalue weighted by Crippen LogP contribution is -2.48. The van der Waals surface area contributed by atoms with E-state index < -0.39 is 22.4 Å². The summed E-state index contributed by atoms with van der Waals surface area (Å²) in [5, 5.41) is 0. The third kappa shape index (κ3) is 4.55. The topological polar surface area (TPSA) is 90.0 Å². The Bertz CT molecular complexity index is 892. The number of sulfone groups is 1. The molecule has 8 heteroatoms. The molecule has 7 nitrogen and oxygen atoms in total. The third-order valence-electron chi connectivity index (χ3n) is 5.18. The van der Waals surface area contributed by atoms with Crippen molar-refractivity contribution in [1.29, 1.82) is 0 Å². The van der Waals surface area contributed by atoms with Gasteiger partial charge in [-0.1, -0.05) is 25.1 Å². The van der Waals surface area contributed by atoms with Crippen LogP contribution in [0.1, 0.15) is 32.3 Å². The zero-order chi connectivity index (χ0) is 20.3. The number of nitrogens with zero attached hydrogens (tertiary/aromatic N) is 1. The van der Waals surface area contributed by atoms with Gasteiger partial charge in [0.2, 0.25) is 0 Å². The lowest BCUT2D eigenvalue weighted by Gasteiger charge is -2.33. The van der Waals surface area contributed by atoms with Gasteiger partial charge in [0, 0.05) is 17.6 Å². The van der Waals surface area contributed by atoms with E-state index in [1.807, 2.05) is 38.1 Å². The van der Waals surface area contributed by atoms with Gasteiger partial charge in [-0.25, -0.2) is 13.2 Å². The summed E-state index contributed by atoms with van der Waals surface area (Å²) in [7, 11) is -3.12. The molecule has 1 amide bonds. The normalized spacial score (nSPS) is 21.1. The van der Waals surface area contributed by atoms with Gasteiger partial charge in [-0.3, -0.25) is 4.79 Å². The summed E-state index contributed by atoms with van der Waals surface area (Å²) in [5.74, 6) is -0.234. The fraction of sp³-hybridized carbons (Fsp3) is 0.500. The van der Waals surface area contributed by atoms with Crippen molar-refractivity contribution in [3.63, 3.8) is 0 Å². The molecule has 2 aliphatic heterocycles. The maximum atomic E-state index is 12.7. The van der Waals surface area contributed by atoms with Crippen LogP contribution in [0.3, 0.4) is 0 Å². The van der Waals surface area contributed by atoms with Gasteiger partial charge < -0.3 is 14.4 Å². The summed E-state index contributed by atoms with van der Waals surface area (Å²) >= 11 is 0. The predicted molar refractivity (Wildman–Crippen MR) is 105 cm³/mol. The van der Waals surface area contributed by atoms with Gasteiger partial charge in [0.05, 0.1) is 17.1 Å². The van der Waals surface area contributed by atoms with Crippen molar-refractivity contribution in [2.24, 2.45) is 0 Å². The van der Waals surface area contributed by atoms with E-state index in [0.717, 1.165) is 5.56 Å². The first-order valence-electron chi connectivity index (χ1n) is 9.42. The van der Waals surface area contributed by atoms with E-state index in [0.29, 0.717) is 24.2 Å². The maximum Gasteiger partial charge on any atom is 0.338 e. The minimum atomic E-state index is -3.12.